The summed E-state index contributed by atoms with van der Waals surface area (Å²) in [6.45, 7) is 0. The van der Waals surface area contributed by atoms with E-state index in [1.807, 2.05) is 18.2 Å². The standard InChI is InChI=1S/C13H18BrNO2/c14-9-3-1-5-11(13(16)17)7-8-12-6-2-4-10-15-12/h2,4,6,10-11H,1,3,5,7-9H2,(H,16,17). The van der Waals surface area contributed by atoms with E-state index in [2.05, 4.69) is 20.9 Å². The molecule has 1 rings (SSSR count). The Labute approximate surface area is 110 Å². The number of aliphatic carboxylic acids is 1. The SMILES string of the molecule is O=C(O)C(CCCCBr)CCc1ccccn1. The topological polar surface area (TPSA) is 50.2 Å². The van der Waals surface area contributed by atoms with E-state index in [0.29, 0.717) is 6.42 Å². The molecule has 0 saturated carbocycles. The number of alkyl halides is 1. The number of halogens is 1. The van der Waals surface area contributed by atoms with Crippen molar-refractivity contribution in [3.63, 3.8) is 0 Å². The molecule has 0 aliphatic heterocycles. The predicted octanol–water partition coefficient (Wildman–Crippen LogP) is 3.28. The van der Waals surface area contributed by atoms with Crippen LogP contribution in [0.2, 0.25) is 0 Å². The Hall–Kier alpha value is -0.900. The van der Waals surface area contributed by atoms with E-state index in [1.54, 1.807) is 6.20 Å². The van der Waals surface area contributed by atoms with Crippen LogP contribution in [0.5, 0.6) is 0 Å². The molecule has 17 heavy (non-hydrogen) atoms. The Kier molecular flexibility index (Phi) is 6.86. The van der Waals surface area contributed by atoms with Gasteiger partial charge in [0, 0.05) is 17.2 Å². The molecule has 0 bridgehead atoms. The molecule has 0 radical (unpaired) electrons. The van der Waals surface area contributed by atoms with Crippen LogP contribution in [0.3, 0.4) is 0 Å². The van der Waals surface area contributed by atoms with Gasteiger partial charge in [0.15, 0.2) is 0 Å². The third kappa shape index (κ3) is 5.82. The van der Waals surface area contributed by atoms with Crippen LogP contribution in [0.15, 0.2) is 24.4 Å². The molecule has 0 aliphatic rings. The normalized spacial score (nSPS) is 12.3. The number of pyridine rings is 1. The fraction of sp³-hybridized carbons (Fsp3) is 0.538. The minimum Gasteiger partial charge on any atom is -0.481 e. The van der Waals surface area contributed by atoms with E-state index in [4.69, 9.17) is 5.11 Å². The number of hydrogen-bond donors (Lipinski definition) is 1. The first-order valence-electron chi connectivity index (χ1n) is 5.92. The molecule has 94 valence electrons. The molecule has 1 heterocycles. The van der Waals surface area contributed by atoms with E-state index in [9.17, 15) is 4.79 Å². The maximum absolute atomic E-state index is 11.1. The summed E-state index contributed by atoms with van der Waals surface area (Å²) in [6, 6.07) is 5.74. The molecule has 1 aromatic heterocycles. The highest BCUT2D eigenvalue weighted by Gasteiger charge is 2.16. The van der Waals surface area contributed by atoms with Crippen LogP contribution in [0.4, 0.5) is 0 Å². The van der Waals surface area contributed by atoms with Crippen molar-refractivity contribution in [2.24, 2.45) is 5.92 Å². The molecule has 0 saturated heterocycles. The first-order chi connectivity index (χ1) is 8.24. The van der Waals surface area contributed by atoms with Crippen molar-refractivity contribution in [2.75, 3.05) is 5.33 Å². The summed E-state index contributed by atoms with van der Waals surface area (Å²) in [5, 5.41) is 10.1. The van der Waals surface area contributed by atoms with Crippen LogP contribution < -0.4 is 0 Å². The first kappa shape index (κ1) is 14.2. The zero-order valence-corrected chi connectivity index (χ0v) is 11.4. The summed E-state index contributed by atoms with van der Waals surface area (Å²) in [5.41, 5.74) is 0.972. The van der Waals surface area contributed by atoms with Gasteiger partial charge in [-0.3, -0.25) is 9.78 Å². The lowest BCUT2D eigenvalue weighted by Crippen LogP contribution is -2.15. The fourth-order valence-corrected chi connectivity index (χ4v) is 2.14. The first-order valence-corrected chi connectivity index (χ1v) is 7.05. The third-order valence-corrected chi connectivity index (χ3v) is 3.32. The highest BCUT2D eigenvalue weighted by atomic mass is 79.9. The molecular formula is C13H18BrNO2. The second-order valence-corrected chi connectivity index (χ2v) is 4.87. The summed E-state index contributed by atoms with van der Waals surface area (Å²) < 4.78 is 0. The molecular weight excluding hydrogens is 282 g/mol. The molecule has 0 aromatic carbocycles. The number of carboxylic acids is 1. The lowest BCUT2D eigenvalue weighted by atomic mass is 9.96. The number of carbonyl (C=O) groups is 1. The molecule has 0 amide bonds. The molecule has 0 fully saturated rings. The number of carboxylic acid groups (broad SMARTS) is 1. The minimum absolute atomic E-state index is 0.240. The van der Waals surface area contributed by atoms with Gasteiger partial charge in [0.1, 0.15) is 0 Å². The molecule has 0 spiro atoms. The van der Waals surface area contributed by atoms with Gasteiger partial charge < -0.3 is 5.11 Å². The number of aromatic nitrogens is 1. The van der Waals surface area contributed by atoms with Gasteiger partial charge in [-0.15, -0.1) is 0 Å². The van der Waals surface area contributed by atoms with E-state index < -0.39 is 5.97 Å². The molecule has 1 N–H and O–H groups in total. The molecule has 4 heteroatoms. The second-order valence-electron chi connectivity index (χ2n) is 4.08. The van der Waals surface area contributed by atoms with Crippen molar-refractivity contribution in [3.05, 3.63) is 30.1 Å². The number of nitrogens with zero attached hydrogens (tertiary/aromatic N) is 1. The summed E-state index contributed by atoms with van der Waals surface area (Å²) in [7, 11) is 0. The Morgan fingerprint density at radius 3 is 2.76 bits per heavy atom. The van der Waals surface area contributed by atoms with E-state index >= 15 is 0 Å². The van der Waals surface area contributed by atoms with Gasteiger partial charge in [-0.2, -0.15) is 0 Å². The molecule has 3 nitrogen and oxygen atoms in total. The van der Waals surface area contributed by atoms with E-state index in [1.165, 1.54) is 0 Å². The maximum atomic E-state index is 11.1. The van der Waals surface area contributed by atoms with Crippen LogP contribution in [-0.4, -0.2) is 21.4 Å². The number of unbranched alkanes of at least 4 members (excludes halogenated alkanes) is 1. The predicted molar refractivity (Wildman–Crippen MR) is 71.3 cm³/mol. The van der Waals surface area contributed by atoms with Gasteiger partial charge in [0.2, 0.25) is 0 Å². The number of hydrogen-bond acceptors (Lipinski definition) is 2. The second kappa shape index (κ2) is 8.23. The average Bonchev–Trinajstić information content (AvgIpc) is 2.34. The van der Waals surface area contributed by atoms with Gasteiger partial charge in [0.05, 0.1) is 5.92 Å². The quantitative estimate of drug-likeness (QED) is 0.592. The highest BCUT2D eigenvalue weighted by Crippen LogP contribution is 2.16. The Bertz CT molecular complexity index is 329. The Morgan fingerprint density at radius 2 is 2.18 bits per heavy atom. The number of aryl methyl sites for hydroxylation is 1. The van der Waals surface area contributed by atoms with Crippen LogP contribution >= 0.6 is 15.9 Å². The van der Waals surface area contributed by atoms with Crippen LogP contribution in [0.25, 0.3) is 0 Å². The Balaban J connectivity index is 2.36. The minimum atomic E-state index is -0.685. The monoisotopic (exact) mass is 299 g/mol. The largest absolute Gasteiger partial charge is 0.481 e. The molecule has 1 aromatic rings. The van der Waals surface area contributed by atoms with Crippen molar-refractivity contribution in [3.8, 4) is 0 Å². The van der Waals surface area contributed by atoms with Crippen molar-refractivity contribution >= 4 is 21.9 Å². The van der Waals surface area contributed by atoms with Crippen LogP contribution in [-0.2, 0) is 11.2 Å². The van der Waals surface area contributed by atoms with E-state index in [0.717, 1.165) is 36.7 Å². The molecule has 0 aliphatic carbocycles. The zero-order chi connectivity index (χ0) is 12.5. The molecule has 1 unspecified atom stereocenters. The smallest absolute Gasteiger partial charge is 0.306 e. The van der Waals surface area contributed by atoms with Crippen molar-refractivity contribution in [1.82, 2.24) is 4.98 Å². The Morgan fingerprint density at radius 1 is 1.35 bits per heavy atom. The molecule has 1 atom stereocenters. The van der Waals surface area contributed by atoms with Gasteiger partial charge in [-0.25, -0.2) is 0 Å². The fourth-order valence-electron chi connectivity index (χ4n) is 1.74. The maximum Gasteiger partial charge on any atom is 0.306 e. The number of rotatable bonds is 8. The highest BCUT2D eigenvalue weighted by molar-refractivity contribution is 9.09. The zero-order valence-electron chi connectivity index (χ0n) is 9.81. The summed E-state index contributed by atoms with van der Waals surface area (Å²) in [6.07, 6.45) is 5.92. The summed E-state index contributed by atoms with van der Waals surface area (Å²) in [4.78, 5) is 15.3. The van der Waals surface area contributed by atoms with Crippen molar-refractivity contribution in [2.45, 2.75) is 32.1 Å². The lowest BCUT2D eigenvalue weighted by Gasteiger charge is -2.11. The van der Waals surface area contributed by atoms with Crippen molar-refractivity contribution < 1.29 is 9.90 Å². The van der Waals surface area contributed by atoms with Crippen LogP contribution in [0, 0.1) is 5.92 Å². The average molecular weight is 300 g/mol. The third-order valence-electron chi connectivity index (χ3n) is 2.76. The summed E-state index contributed by atoms with van der Waals surface area (Å²) in [5.74, 6) is -0.924. The van der Waals surface area contributed by atoms with Gasteiger partial charge in [-0.05, 0) is 37.8 Å². The van der Waals surface area contributed by atoms with Crippen molar-refractivity contribution in [1.29, 1.82) is 0 Å². The van der Waals surface area contributed by atoms with Gasteiger partial charge in [-0.1, -0.05) is 28.4 Å². The summed E-state index contributed by atoms with van der Waals surface area (Å²) >= 11 is 3.35. The van der Waals surface area contributed by atoms with Crippen LogP contribution in [0.1, 0.15) is 31.4 Å². The lowest BCUT2D eigenvalue weighted by molar-refractivity contribution is -0.142. The van der Waals surface area contributed by atoms with Gasteiger partial charge in [0.25, 0.3) is 0 Å². The van der Waals surface area contributed by atoms with E-state index in [-0.39, 0.29) is 5.92 Å². The van der Waals surface area contributed by atoms with Gasteiger partial charge >= 0.3 is 5.97 Å².